The number of ether oxygens (including phenoxy) is 2. The van der Waals surface area contributed by atoms with Crippen molar-refractivity contribution in [1.82, 2.24) is 10.2 Å². The second kappa shape index (κ2) is 15.0. The summed E-state index contributed by atoms with van der Waals surface area (Å²) in [6.07, 6.45) is -5.85. The molecule has 0 aromatic heterocycles. The minimum Gasteiger partial charge on any atom is -0.491 e. The summed E-state index contributed by atoms with van der Waals surface area (Å²) in [5.74, 6) is -2.56. The monoisotopic (exact) mass is 635 g/mol. The maximum Gasteiger partial charge on any atom is 0.432 e. The summed E-state index contributed by atoms with van der Waals surface area (Å²) >= 11 is 0. The van der Waals surface area contributed by atoms with E-state index in [-0.39, 0.29) is 37.8 Å². The molecular formula is C31H36F3N3O8. The summed E-state index contributed by atoms with van der Waals surface area (Å²) in [4.78, 5) is 37.2. The number of carbonyl (C=O) groups excluding carboxylic acids is 1. The highest BCUT2D eigenvalue weighted by Crippen LogP contribution is 2.45. The van der Waals surface area contributed by atoms with Gasteiger partial charge in [0, 0.05) is 36.8 Å². The third-order valence-electron chi connectivity index (χ3n) is 7.02. The van der Waals surface area contributed by atoms with Gasteiger partial charge in [-0.2, -0.15) is 13.2 Å². The number of nitrogens with zero attached hydrogens (tertiary/aromatic N) is 2. The van der Waals surface area contributed by atoms with Gasteiger partial charge in [-0.25, -0.2) is 9.59 Å². The van der Waals surface area contributed by atoms with Crippen molar-refractivity contribution in [3.05, 3.63) is 86.6 Å². The molecule has 3 N–H and O–H groups in total. The molecule has 0 amide bonds. The first-order valence-electron chi connectivity index (χ1n) is 14.3. The quantitative estimate of drug-likeness (QED) is 0.154. The van der Waals surface area contributed by atoms with E-state index in [0.29, 0.717) is 17.9 Å². The number of esters is 1. The van der Waals surface area contributed by atoms with E-state index in [2.05, 4.69) is 5.32 Å². The molecule has 1 heterocycles. The van der Waals surface area contributed by atoms with Gasteiger partial charge in [-0.05, 0) is 43.5 Å². The van der Waals surface area contributed by atoms with Crippen LogP contribution in [-0.2, 0) is 20.7 Å². The fraction of sp³-hybridized carbons (Fsp3) is 0.419. The number of nitro groups is 1. The number of aliphatic carboxylic acids is 1. The number of allylic oxidation sites excluding steroid dienone is 1. The molecule has 2 unspecified atom stereocenters. The lowest BCUT2D eigenvalue weighted by Gasteiger charge is -2.40. The summed E-state index contributed by atoms with van der Waals surface area (Å²) in [7, 11) is 0. The molecule has 2 aromatic carbocycles. The van der Waals surface area contributed by atoms with E-state index in [0.717, 1.165) is 17.0 Å². The molecule has 1 aliphatic rings. The molecule has 2 aromatic rings. The van der Waals surface area contributed by atoms with Crippen LogP contribution in [0.4, 0.5) is 18.9 Å². The molecule has 45 heavy (non-hydrogen) atoms. The van der Waals surface area contributed by atoms with E-state index in [1.807, 2.05) is 13.8 Å². The summed E-state index contributed by atoms with van der Waals surface area (Å²) in [6, 6.07) is 9.71. The van der Waals surface area contributed by atoms with E-state index in [1.165, 1.54) is 26.0 Å². The summed E-state index contributed by atoms with van der Waals surface area (Å²) in [6.45, 7) is 6.27. The van der Waals surface area contributed by atoms with Crippen LogP contribution in [0.1, 0.15) is 38.8 Å². The van der Waals surface area contributed by atoms with Crippen molar-refractivity contribution in [1.29, 1.82) is 0 Å². The smallest absolute Gasteiger partial charge is 0.432 e. The fourth-order valence-electron chi connectivity index (χ4n) is 4.95. The Morgan fingerprint density at radius 1 is 1.16 bits per heavy atom. The Bertz CT molecular complexity index is 1450. The van der Waals surface area contributed by atoms with Gasteiger partial charge in [-0.15, -0.1) is 0 Å². The minimum absolute atomic E-state index is 0.0257. The number of carboxylic acid groups (broad SMARTS) is 1. The van der Waals surface area contributed by atoms with Crippen LogP contribution >= 0.6 is 0 Å². The first kappa shape index (κ1) is 35.1. The molecule has 0 spiro atoms. The van der Waals surface area contributed by atoms with Crippen LogP contribution in [0.5, 0.6) is 5.75 Å². The molecule has 244 valence electrons. The third kappa shape index (κ3) is 8.82. The molecule has 0 bridgehead atoms. The van der Waals surface area contributed by atoms with Gasteiger partial charge >= 0.3 is 18.1 Å². The Balaban J connectivity index is 2.01. The fourth-order valence-corrected chi connectivity index (χ4v) is 4.95. The lowest BCUT2D eigenvalue weighted by atomic mass is 9.83. The van der Waals surface area contributed by atoms with Crippen LogP contribution in [0.2, 0.25) is 0 Å². The van der Waals surface area contributed by atoms with Gasteiger partial charge in [0.2, 0.25) is 0 Å². The van der Waals surface area contributed by atoms with Crippen molar-refractivity contribution in [2.45, 2.75) is 58.5 Å². The van der Waals surface area contributed by atoms with Gasteiger partial charge in [-0.3, -0.25) is 10.1 Å². The minimum atomic E-state index is -5.13. The van der Waals surface area contributed by atoms with E-state index in [9.17, 15) is 43.1 Å². The van der Waals surface area contributed by atoms with Crippen LogP contribution in [0.3, 0.4) is 0 Å². The average molecular weight is 636 g/mol. The number of carboxylic acids is 1. The van der Waals surface area contributed by atoms with Crippen LogP contribution < -0.4 is 10.1 Å². The Morgan fingerprint density at radius 3 is 2.38 bits per heavy atom. The van der Waals surface area contributed by atoms with Gasteiger partial charge in [-0.1, -0.05) is 38.1 Å². The number of hydrogen-bond donors (Lipinski definition) is 3. The van der Waals surface area contributed by atoms with Gasteiger partial charge in [0.05, 0.1) is 28.7 Å². The number of benzene rings is 2. The van der Waals surface area contributed by atoms with E-state index < -0.39 is 63.3 Å². The second-order valence-electron chi connectivity index (χ2n) is 10.6. The molecule has 11 nitrogen and oxygen atoms in total. The number of nitrogens with one attached hydrogen (secondary N) is 1. The predicted octanol–water partition coefficient (Wildman–Crippen LogP) is 4.50. The van der Waals surface area contributed by atoms with E-state index in [4.69, 9.17) is 9.47 Å². The zero-order valence-electron chi connectivity index (χ0n) is 25.3. The number of nitro benzene ring substituents is 1. The van der Waals surface area contributed by atoms with E-state index in [1.54, 1.807) is 24.3 Å². The number of non-ortho nitro benzene ring substituents is 1. The van der Waals surface area contributed by atoms with Crippen molar-refractivity contribution in [3.63, 3.8) is 0 Å². The van der Waals surface area contributed by atoms with Gasteiger partial charge in [0.25, 0.3) is 5.69 Å². The molecule has 3 rings (SSSR count). The first-order valence-corrected chi connectivity index (χ1v) is 14.3. The first-order chi connectivity index (χ1) is 21.1. The van der Waals surface area contributed by atoms with Crippen molar-refractivity contribution in [3.8, 4) is 5.75 Å². The topological polar surface area (TPSA) is 151 Å². The summed E-state index contributed by atoms with van der Waals surface area (Å²) < 4.78 is 55.1. The lowest BCUT2D eigenvalue weighted by molar-refractivity contribution is -0.384. The van der Waals surface area contributed by atoms with Crippen molar-refractivity contribution >= 4 is 23.2 Å². The largest absolute Gasteiger partial charge is 0.491 e. The SMILES string of the molecule is CCOC(=O)C1=C(C(F)(F)F)N(CCc2ccc(OCC(O)CNC(C)C)cc2)C(C)C(C(=O)O)=C1c1cccc([N+](=O)[O-])c1. The Labute approximate surface area is 258 Å². The average Bonchev–Trinajstić information content (AvgIpc) is 2.97. The zero-order chi connectivity index (χ0) is 33.5. The van der Waals surface area contributed by atoms with Crippen LogP contribution in [0.15, 0.2) is 65.4 Å². The number of halogens is 3. The number of alkyl halides is 3. The second-order valence-corrected chi connectivity index (χ2v) is 10.6. The van der Waals surface area contributed by atoms with Crippen molar-refractivity contribution in [2.75, 3.05) is 26.3 Å². The zero-order valence-corrected chi connectivity index (χ0v) is 25.3. The van der Waals surface area contributed by atoms with Gasteiger partial charge in [0.1, 0.15) is 24.2 Å². The number of carbonyl (C=O) groups is 2. The summed E-state index contributed by atoms with van der Waals surface area (Å²) in [5.41, 5.74) is -3.70. The van der Waals surface area contributed by atoms with Crippen LogP contribution in [0, 0.1) is 10.1 Å². The predicted molar refractivity (Wildman–Crippen MR) is 158 cm³/mol. The Morgan fingerprint density at radius 2 is 1.82 bits per heavy atom. The highest BCUT2D eigenvalue weighted by Gasteiger charge is 2.49. The third-order valence-corrected chi connectivity index (χ3v) is 7.02. The normalized spacial score (nSPS) is 16.2. The van der Waals surface area contributed by atoms with Gasteiger partial charge < -0.3 is 29.9 Å². The standard InChI is InChI=1S/C31H36F3N3O8/c1-5-44-30(41)27-26(21-7-6-8-22(15-21)37(42)43)25(29(39)40)19(4)36(28(27)31(32,33)34)14-13-20-9-11-24(12-10-20)45-17-23(38)16-35-18(2)3/h6-12,15,18-19,23,35,38H,5,13-14,16-17H2,1-4H3,(H,39,40). The molecule has 0 saturated heterocycles. The Kier molecular flexibility index (Phi) is 11.7. The number of rotatable bonds is 14. The molecular weight excluding hydrogens is 599 g/mol. The Hall–Kier alpha value is -4.43. The summed E-state index contributed by atoms with van der Waals surface area (Å²) in [5, 5.41) is 34.8. The number of aliphatic hydroxyl groups excluding tert-OH is 1. The highest BCUT2D eigenvalue weighted by molar-refractivity contribution is 6.14. The van der Waals surface area contributed by atoms with E-state index >= 15 is 0 Å². The van der Waals surface area contributed by atoms with Crippen molar-refractivity contribution < 1.29 is 47.4 Å². The molecule has 14 heteroatoms. The molecule has 0 saturated carbocycles. The highest BCUT2D eigenvalue weighted by atomic mass is 19.4. The van der Waals surface area contributed by atoms with Crippen LogP contribution in [-0.4, -0.2) is 82.6 Å². The molecule has 0 radical (unpaired) electrons. The lowest BCUT2D eigenvalue weighted by Crippen LogP contribution is -2.47. The number of aliphatic hydroxyl groups is 1. The molecule has 0 fully saturated rings. The van der Waals surface area contributed by atoms with Crippen LogP contribution in [0.25, 0.3) is 5.57 Å². The van der Waals surface area contributed by atoms with Gasteiger partial charge in [0.15, 0.2) is 0 Å². The molecule has 1 aliphatic heterocycles. The molecule has 2 atom stereocenters. The molecule has 0 aliphatic carbocycles. The maximum atomic E-state index is 14.8. The maximum absolute atomic E-state index is 14.8. The number of hydrogen-bond acceptors (Lipinski definition) is 9. The van der Waals surface area contributed by atoms with Crippen molar-refractivity contribution in [2.24, 2.45) is 0 Å².